The largest absolute Gasteiger partial charge is 0.424 e. The lowest BCUT2D eigenvalue weighted by atomic mass is 10.3. The SMILES string of the molecule is CC(N)C(=O)Oc1ccc(F)cc1Cl. The molecule has 14 heavy (non-hydrogen) atoms. The Hall–Kier alpha value is -1.13. The van der Waals surface area contributed by atoms with E-state index in [4.69, 9.17) is 22.1 Å². The van der Waals surface area contributed by atoms with Crippen molar-refractivity contribution in [2.45, 2.75) is 13.0 Å². The molecule has 0 spiro atoms. The van der Waals surface area contributed by atoms with Crippen molar-refractivity contribution < 1.29 is 13.9 Å². The molecule has 1 unspecified atom stereocenters. The van der Waals surface area contributed by atoms with E-state index in [0.29, 0.717) is 0 Å². The van der Waals surface area contributed by atoms with Gasteiger partial charge in [0, 0.05) is 0 Å². The first-order valence-corrected chi connectivity index (χ1v) is 4.31. The Bertz CT molecular complexity index is 355. The molecule has 5 heteroatoms. The van der Waals surface area contributed by atoms with Crippen LogP contribution in [-0.4, -0.2) is 12.0 Å². The molecule has 0 saturated heterocycles. The highest BCUT2D eigenvalue weighted by atomic mass is 35.5. The molecule has 0 amide bonds. The summed E-state index contributed by atoms with van der Waals surface area (Å²) in [5.41, 5.74) is 5.27. The third-order valence-corrected chi connectivity index (χ3v) is 1.77. The van der Waals surface area contributed by atoms with E-state index in [2.05, 4.69) is 0 Å². The van der Waals surface area contributed by atoms with Crippen LogP contribution in [0.25, 0.3) is 0 Å². The topological polar surface area (TPSA) is 52.3 Å². The van der Waals surface area contributed by atoms with Gasteiger partial charge in [-0.25, -0.2) is 9.18 Å². The van der Waals surface area contributed by atoms with E-state index in [1.54, 1.807) is 0 Å². The molecular weight excluding hydrogens is 209 g/mol. The Balaban J connectivity index is 2.82. The molecule has 0 saturated carbocycles. The molecule has 0 aliphatic rings. The average molecular weight is 218 g/mol. The minimum Gasteiger partial charge on any atom is -0.424 e. The van der Waals surface area contributed by atoms with Gasteiger partial charge in [0.1, 0.15) is 17.6 Å². The van der Waals surface area contributed by atoms with E-state index in [-0.39, 0.29) is 10.8 Å². The predicted octanol–water partition coefficient (Wildman–Crippen LogP) is 1.73. The van der Waals surface area contributed by atoms with E-state index >= 15 is 0 Å². The predicted molar refractivity (Wildman–Crippen MR) is 50.7 cm³/mol. The van der Waals surface area contributed by atoms with E-state index in [1.165, 1.54) is 13.0 Å². The van der Waals surface area contributed by atoms with E-state index in [1.807, 2.05) is 0 Å². The van der Waals surface area contributed by atoms with Gasteiger partial charge in [-0.3, -0.25) is 0 Å². The Morgan fingerprint density at radius 3 is 2.79 bits per heavy atom. The van der Waals surface area contributed by atoms with Crippen LogP contribution in [-0.2, 0) is 4.79 Å². The number of halogens is 2. The second-order valence-corrected chi connectivity index (χ2v) is 3.19. The molecule has 0 aliphatic carbocycles. The van der Waals surface area contributed by atoms with Gasteiger partial charge in [0.2, 0.25) is 0 Å². The van der Waals surface area contributed by atoms with Crippen LogP contribution in [0.15, 0.2) is 18.2 Å². The zero-order valence-corrected chi connectivity index (χ0v) is 8.22. The highest BCUT2D eigenvalue weighted by Crippen LogP contribution is 2.24. The minimum absolute atomic E-state index is 0.0407. The van der Waals surface area contributed by atoms with Gasteiger partial charge >= 0.3 is 5.97 Å². The van der Waals surface area contributed by atoms with E-state index < -0.39 is 17.8 Å². The van der Waals surface area contributed by atoms with Crippen LogP contribution in [0.2, 0.25) is 5.02 Å². The summed E-state index contributed by atoms with van der Waals surface area (Å²) in [5.74, 6) is -0.996. The van der Waals surface area contributed by atoms with Gasteiger partial charge in [0.05, 0.1) is 5.02 Å². The van der Waals surface area contributed by atoms with Gasteiger partial charge in [-0.2, -0.15) is 0 Å². The normalized spacial score (nSPS) is 12.3. The van der Waals surface area contributed by atoms with Gasteiger partial charge in [-0.05, 0) is 25.1 Å². The van der Waals surface area contributed by atoms with Crippen molar-refractivity contribution in [3.8, 4) is 5.75 Å². The summed E-state index contributed by atoms with van der Waals surface area (Å²) in [6, 6.07) is 2.75. The van der Waals surface area contributed by atoms with Crippen LogP contribution >= 0.6 is 11.6 Å². The number of rotatable bonds is 2. The molecule has 3 nitrogen and oxygen atoms in total. The molecule has 2 N–H and O–H groups in total. The Labute approximate surface area is 85.6 Å². The highest BCUT2D eigenvalue weighted by molar-refractivity contribution is 6.32. The van der Waals surface area contributed by atoms with Crippen LogP contribution < -0.4 is 10.5 Å². The molecule has 0 fully saturated rings. The fraction of sp³-hybridized carbons (Fsp3) is 0.222. The molecule has 0 bridgehead atoms. The summed E-state index contributed by atoms with van der Waals surface area (Å²) in [5, 5.41) is 0.0407. The first-order chi connectivity index (χ1) is 6.50. The summed E-state index contributed by atoms with van der Waals surface area (Å²) in [7, 11) is 0. The first kappa shape index (κ1) is 10.9. The highest BCUT2D eigenvalue weighted by Gasteiger charge is 2.12. The zero-order valence-electron chi connectivity index (χ0n) is 7.46. The minimum atomic E-state index is -0.740. The van der Waals surface area contributed by atoms with Crippen molar-refractivity contribution in [3.63, 3.8) is 0 Å². The first-order valence-electron chi connectivity index (χ1n) is 3.93. The summed E-state index contributed by atoms with van der Waals surface area (Å²) in [6.07, 6.45) is 0. The maximum Gasteiger partial charge on any atom is 0.328 e. The van der Waals surface area contributed by atoms with Gasteiger partial charge in [0.25, 0.3) is 0 Å². The van der Waals surface area contributed by atoms with Crippen molar-refractivity contribution >= 4 is 17.6 Å². The number of carbonyl (C=O) groups is 1. The number of benzene rings is 1. The second kappa shape index (κ2) is 4.39. The fourth-order valence-electron chi connectivity index (χ4n) is 0.759. The fourth-order valence-corrected chi connectivity index (χ4v) is 0.965. The Morgan fingerprint density at radius 2 is 2.29 bits per heavy atom. The lowest BCUT2D eigenvalue weighted by Gasteiger charge is -2.07. The van der Waals surface area contributed by atoms with Gasteiger partial charge in [0.15, 0.2) is 0 Å². The standard InChI is InChI=1S/C9H9ClFNO2/c1-5(12)9(13)14-8-3-2-6(11)4-7(8)10/h2-5H,12H2,1H3. The molecule has 0 radical (unpaired) electrons. The van der Waals surface area contributed by atoms with E-state index in [0.717, 1.165) is 12.1 Å². The molecule has 1 atom stereocenters. The lowest BCUT2D eigenvalue weighted by molar-refractivity contribution is -0.135. The number of carbonyl (C=O) groups excluding carboxylic acids is 1. The van der Waals surface area contributed by atoms with Crippen LogP contribution in [0.3, 0.4) is 0 Å². The van der Waals surface area contributed by atoms with Gasteiger partial charge in [-0.1, -0.05) is 11.6 Å². The third-order valence-electron chi connectivity index (χ3n) is 1.48. The van der Waals surface area contributed by atoms with Crippen molar-refractivity contribution in [2.75, 3.05) is 0 Å². The number of hydrogen-bond acceptors (Lipinski definition) is 3. The van der Waals surface area contributed by atoms with Crippen molar-refractivity contribution in [3.05, 3.63) is 29.0 Å². The van der Waals surface area contributed by atoms with E-state index in [9.17, 15) is 9.18 Å². The van der Waals surface area contributed by atoms with Crippen LogP contribution in [0.4, 0.5) is 4.39 Å². The number of esters is 1. The third kappa shape index (κ3) is 2.68. The molecule has 1 rings (SSSR count). The number of hydrogen-bond donors (Lipinski definition) is 1. The quantitative estimate of drug-likeness (QED) is 0.606. The molecule has 0 aliphatic heterocycles. The smallest absolute Gasteiger partial charge is 0.328 e. The molecule has 0 aromatic heterocycles. The van der Waals surface area contributed by atoms with Crippen LogP contribution in [0.5, 0.6) is 5.75 Å². The Kier molecular flexibility index (Phi) is 3.43. The van der Waals surface area contributed by atoms with Crippen molar-refractivity contribution in [2.24, 2.45) is 5.73 Å². The molecule has 1 aromatic carbocycles. The summed E-state index contributed by atoms with van der Waals surface area (Å²) < 4.78 is 17.4. The maximum atomic E-state index is 12.6. The number of ether oxygens (including phenoxy) is 1. The number of nitrogens with two attached hydrogens (primary N) is 1. The van der Waals surface area contributed by atoms with Crippen LogP contribution in [0.1, 0.15) is 6.92 Å². The van der Waals surface area contributed by atoms with Crippen molar-refractivity contribution in [1.82, 2.24) is 0 Å². The lowest BCUT2D eigenvalue weighted by Crippen LogP contribution is -2.30. The Morgan fingerprint density at radius 1 is 1.64 bits per heavy atom. The van der Waals surface area contributed by atoms with Crippen LogP contribution in [0, 0.1) is 5.82 Å². The van der Waals surface area contributed by atoms with Crippen molar-refractivity contribution in [1.29, 1.82) is 0 Å². The summed E-state index contributed by atoms with van der Waals surface area (Å²) >= 11 is 5.62. The van der Waals surface area contributed by atoms with Gasteiger partial charge < -0.3 is 10.5 Å². The molecular formula is C9H9ClFNO2. The monoisotopic (exact) mass is 217 g/mol. The van der Waals surface area contributed by atoms with Gasteiger partial charge in [-0.15, -0.1) is 0 Å². The molecule has 1 aromatic rings. The maximum absolute atomic E-state index is 12.6. The average Bonchev–Trinajstić information content (AvgIpc) is 2.09. The summed E-state index contributed by atoms with van der Waals surface area (Å²) in [6.45, 7) is 1.49. The second-order valence-electron chi connectivity index (χ2n) is 2.78. The zero-order chi connectivity index (χ0) is 10.7. The molecule has 76 valence electrons. The summed E-state index contributed by atoms with van der Waals surface area (Å²) in [4.78, 5) is 11.0. The molecule has 0 heterocycles.